The molecule has 2 heterocycles. The van der Waals surface area contributed by atoms with Crippen LogP contribution in [-0.4, -0.2) is 61.1 Å². The Morgan fingerprint density at radius 2 is 1.53 bits per heavy atom. The number of fused-ring (bicyclic) bond motifs is 1. The zero-order chi connectivity index (χ0) is 25.4. The largest absolute Gasteiger partial charge is 0.395 e. The van der Waals surface area contributed by atoms with Crippen molar-refractivity contribution in [2.75, 3.05) is 26.2 Å². The predicted molar refractivity (Wildman–Crippen MR) is 145 cm³/mol. The Hall–Kier alpha value is -2.51. The molecule has 2 fully saturated rings. The molecule has 5 rings (SSSR count). The monoisotopic (exact) mass is 504 g/mol. The number of aliphatic hydroxyl groups excluding tert-OH is 1. The lowest BCUT2D eigenvalue weighted by Gasteiger charge is -2.57. The van der Waals surface area contributed by atoms with Crippen molar-refractivity contribution in [3.05, 3.63) is 89.0 Å². The normalized spacial score (nSPS) is 23.4. The molecule has 5 nitrogen and oxygen atoms in total. The first-order valence-electron chi connectivity index (χ1n) is 12.9. The fourth-order valence-electron chi connectivity index (χ4n) is 5.93. The van der Waals surface area contributed by atoms with Crippen molar-refractivity contribution >= 4 is 10.0 Å². The molecule has 3 atom stereocenters. The zero-order valence-electron chi connectivity index (χ0n) is 21.4. The Kier molecular flexibility index (Phi) is 7.05. The van der Waals surface area contributed by atoms with Crippen molar-refractivity contribution in [2.24, 2.45) is 0 Å². The van der Waals surface area contributed by atoms with Crippen molar-refractivity contribution < 1.29 is 13.5 Å². The lowest BCUT2D eigenvalue weighted by atomic mass is 9.74. The summed E-state index contributed by atoms with van der Waals surface area (Å²) >= 11 is 0. The van der Waals surface area contributed by atoms with Crippen LogP contribution in [0, 0.1) is 20.8 Å². The van der Waals surface area contributed by atoms with Crippen molar-refractivity contribution in [1.29, 1.82) is 0 Å². The highest BCUT2D eigenvalue weighted by atomic mass is 32.2. The summed E-state index contributed by atoms with van der Waals surface area (Å²) in [6.07, 6.45) is 1.74. The second-order valence-corrected chi connectivity index (χ2v) is 12.2. The van der Waals surface area contributed by atoms with Gasteiger partial charge in [0, 0.05) is 31.1 Å². The van der Waals surface area contributed by atoms with Gasteiger partial charge < -0.3 is 5.11 Å². The number of hydrogen-bond acceptors (Lipinski definition) is 4. The molecule has 2 aliphatic heterocycles. The number of aliphatic hydroxyl groups is 1. The number of sulfonamides is 1. The van der Waals surface area contributed by atoms with E-state index in [2.05, 4.69) is 61.2 Å². The van der Waals surface area contributed by atoms with Crippen molar-refractivity contribution in [1.82, 2.24) is 9.21 Å². The molecule has 0 aliphatic carbocycles. The maximum Gasteiger partial charge on any atom is 0.243 e. The van der Waals surface area contributed by atoms with E-state index in [1.165, 1.54) is 22.3 Å². The SMILES string of the molecule is Cc1ccc(-c2ccc([C@H]3C4CN(S(=O)(=O)c5ccccc5C)CCCCN4[C@@H]3CO)cc2)cc1C. The van der Waals surface area contributed by atoms with Crippen LogP contribution in [0.3, 0.4) is 0 Å². The van der Waals surface area contributed by atoms with Gasteiger partial charge in [-0.25, -0.2) is 8.42 Å². The van der Waals surface area contributed by atoms with E-state index in [0.29, 0.717) is 18.0 Å². The lowest BCUT2D eigenvalue weighted by molar-refractivity contribution is -0.0553. The van der Waals surface area contributed by atoms with Gasteiger partial charge in [0.15, 0.2) is 0 Å². The second kappa shape index (κ2) is 10.1. The molecule has 0 saturated carbocycles. The van der Waals surface area contributed by atoms with E-state index in [9.17, 15) is 13.5 Å². The highest BCUT2D eigenvalue weighted by Crippen LogP contribution is 2.43. The summed E-state index contributed by atoms with van der Waals surface area (Å²) in [4.78, 5) is 2.71. The van der Waals surface area contributed by atoms with E-state index in [-0.39, 0.29) is 24.6 Å². The molecule has 0 aromatic heterocycles. The second-order valence-electron chi connectivity index (χ2n) is 10.3. The molecule has 36 heavy (non-hydrogen) atoms. The van der Waals surface area contributed by atoms with E-state index in [1.807, 2.05) is 19.1 Å². The van der Waals surface area contributed by atoms with Crippen molar-refractivity contribution in [3.8, 4) is 11.1 Å². The number of hydrogen-bond donors (Lipinski definition) is 1. The Bertz CT molecular complexity index is 1340. The van der Waals surface area contributed by atoms with Crippen LogP contribution in [0.15, 0.2) is 71.6 Å². The minimum absolute atomic E-state index is 0.0172. The summed E-state index contributed by atoms with van der Waals surface area (Å²) in [6, 6.07) is 22.5. The van der Waals surface area contributed by atoms with Gasteiger partial charge in [-0.15, -0.1) is 0 Å². The Morgan fingerprint density at radius 3 is 2.22 bits per heavy atom. The summed E-state index contributed by atoms with van der Waals surface area (Å²) in [5, 5.41) is 10.3. The van der Waals surface area contributed by atoms with Crippen LogP contribution in [0.4, 0.5) is 0 Å². The third kappa shape index (κ3) is 4.52. The summed E-state index contributed by atoms with van der Waals surface area (Å²) in [5.41, 5.74) is 6.86. The minimum Gasteiger partial charge on any atom is -0.395 e. The quantitative estimate of drug-likeness (QED) is 0.537. The standard InChI is InChI=1S/C30H36N2O3S/c1-21-10-11-26(18-23(21)3)24-12-14-25(15-13-24)30-27-19-31(16-6-7-17-32(27)28(30)20-33)36(34,35)29-9-5-4-8-22(29)2/h4-5,8-15,18,27-28,30,33H,6-7,16-17,19-20H2,1-3H3/t27?,28-,30+/m1/s1. The summed E-state index contributed by atoms with van der Waals surface area (Å²) in [5.74, 6) is 0.0940. The Balaban J connectivity index is 1.43. The summed E-state index contributed by atoms with van der Waals surface area (Å²) in [6.45, 7) is 8.05. The van der Waals surface area contributed by atoms with E-state index in [1.54, 1.807) is 16.4 Å². The van der Waals surface area contributed by atoms with E-state index in [4.69, 9.17) is 0 Å². The van der Waals surface area contributed by atoms with Gasteiger partial charge in [-0.05, 0) is 79.6 Å². The number of benzene rings is 3. The van der Waals surface area contributed by atoms with Crippen LogP contribution in [0.1, 0.15) is 41.0 Å². The maximum absolute atomic E-state index is 13.7. The first kappa shape index (κ1) is 25.2. The molecule has 0 radical (unpaired) electrons. The third-order valence-electron chi connectivity index (χ3n) is 8.18. The van der Waals surface area contributed by atoms with E-state index < -0.39 is 10.0 Å². The third-order valence-corrected chi connectivity index (χ3v) is 10.2. The smallest absolute Gasteiger partial charge is 0.243 e. The Labute approximate surface area is 215 Å². The van der Waals surface area contributed by atoms with Crippen LogP contribution >= 0.6 is 0 Å². The molecular weight excluding hydrogens is 468 g/mol. The van der Waals surface area contributed by atoms with Crippen LogP contribution < -0.4 is 0 Å². The molecule has 6 heteroatoms. The molecule has 2 aliphatic rings. The zero-order valence-corrected chi connectivity index (χ0v) is 22.2. The molecule has 1 N–H and O–H groups in total. The molecule has 0 bridgehead atoms. The number of nitrogens with zero attached hydrogens (tertiary/aromatic N) is 2. The van der Waals surface area contributed by atoms with E-state index >= 15 is 0 Å². The van der Waals surface area contributed by atoms with Crippen LogP contribution in [0.25, 0.3) is 11.1 Å². The van der Waals surface area contributed by atoms with Gasteiger partial charge in [0.05, 0.1) is 11.5 Å². The highest BCUT2D eigenvalue weighted by Gasteiger charge is 2.50. The van der Waals surface area contributed by atoms with Gasteiger partial charge in [-0.3, -0.25) is 4.90 Å². The first-order chi connectivity index (χ1) is 17.3. The highest BCUT2D eigenvalue weighted by molar-refractivity contribution is 7.89. The van der Waals surface area contributed by atoms with Gasteiger partial charge in [0.2, 0.25) is 10.0 Å². The van der Waals surface area contributed by atoms with Gasteiger partial charge in [-0.2, -0.15) is 4.31 Å². The predicted octanol–water partition coefficient (Wildman–Crippen LogP) is 4.89. The molecule has 3 aromatic rings. The lowest BCUT2D eigenvalue weighted by Crippen LogP contribution is -2.67. The number of rotatable bonds is 5. The van der Waals surface area contributed by atoms with Gasteiger partial charge in [0.25, 0.3) is 0 Å². The van der Waals surface area contributed by atoms with E-state index in [0.717, 1.165) is 30.5 Å². The molecular formula is C30H36N2O3S. The Morgan fingerprint density at radius 1 is 0.833 bits per heavy atom. The fraction of sp³-hybridized carbons (Fsp3) is 0.400. The van der Waals surface area contributed by atoms with Gasteiger partial charge in [0.1, 0.15) is 0 Å². The van der Waals surface area contributed by atoms with Crippen LogP contribution in [0.5, 0.6) is 0 Å². The van der Waals surface area contributed by atoms with Crippen LogP contribution in [-0.2, 0) is 10.0 Å². The summed E-state index contributed by atoms with van der Waals surface area (Å²) in [7, 11) is -3.59. The molecule has 0 spiro atoms. The molecule has 190 valence electrons. The molecule has 1 unspecified atom stereocenters. The van der Waals surface area contributed by atoms with Gasteiger partial charge in [-0.1, -0.05) is 60.7 Å². The average Bonchev–Trinajstić information content (AvgIpc) is 2.85. The maximum atomic E-state index is 13.7. The fourth-order valence-corrected chi connectivity index (χ4v) is 7.65. The molecule has 2 saturated heterocycles. The average molecular weight is 505 g/mol. The first-order valence-corrected chi connectivity index (χ1v) is 14.3. The molecule has 0 amide bonds. The minimum atomic E-state index is -3.59. The van der Waals surface area contributed by atoms with Gasteiger partial charge >= 0.3 is 0 Å². The van der Waals surface area contributed by atoms with Crippen molar-refractivity contribution in [2.45, 2.75) is 56.5 Å². The topological polar surface area (TPSA) is 60.9 Å². The summed E-state index contributed by atoms with van der Waals surface area (Å²) < 4.78 is 29.0. The molecule has 3 aromatic carbocycles. The van der Waals surface area contributed by atoms with Crippen molar-refractivity contribution in [3.63, 3.8) is 0 Å². The van der Waals surface area contributed by atoms with Crippen LogP contribution in [0.2, 0.25) is 0 Å². The number of aryl methyl sites for hydroxylation is 3.